The summed E-state index contributed by atoms with van der Waals surface area (Å²) < 4.78 is 11.5. The maximum atomic E-state index is 6.09. The maximum Gasteiger partial charge on any atom is 0.194 e. The van der Waals surface area contributed by atoms with E-state index in [4.69, 9.17) is 14.5 Å². The molecule has 0 bridgehead atoms. The fourth-order valence-electron chi connectivity index (χ4n) is 3.18. The van der Waals surface area contributed by atoms with Gasteiger partial charge in [-0.05, 0) is 11.6 Å². The Hall–Kier alpha value is -2.57. The maximum absolute atomic E-state index is 6.09. The summed E-state index contributed by atoms with van der Waals surface area (Å²) in [5.41, 5.74) is 2.32. The second-order valence-corrected chi connectivity index (χ2v) is 7.28. The fourth-order valence-corrected chi connectivity index (χ4v) is 3.18. The molecular formula is C23H32N4O2. The van der Waals surface area contributed by atoms with Crippen LogP contribution in [0.5, 0.6) is 5.75 Å². The molecule has 3 rings (SSSR count). The van der Waals surface area contributed by atoms with Crippen molar-refractivity contribution in [2.24, 2.45) is 4.99 Å². The topological polar surface area (TPSA) is 49.3 Å². The lowest BCUT2D eigenvalue weighted by Gasteiger charge is -2.26. The molecule has 6 heteroatoms. The third kappa shape index (κ3) is 7.07. The molecule has 2 aromatic carbocycles. The van der Waals surface area contributed by atoms with Crippen LogP contribution in [0.1, 0.15) is 11.1 Å². The van der Waals surface area contributed by atoms with Crippen LogP contribution >= 0.6 is 0 Å². The normalized spacial score (nSPS) is 15.2. The predicted molar refractivity (Wildman–Crippen MR) is 117 cm³/mol. The van der Waals surface area contributed by atoms with E-state index in [9.17, 15) is 0 Å². The molecule has 1 N–H and O–H groups in total. The van der Waals surface area contributed by atoms with E-state index in [-0.39, 0.29) is 0 Å². The van der Waals surface area contributed by atoms with Gasteiger partial charge >= 0.3 is 0 Å². The van der Waals surface area contributed by atoms with Gasteiger partial charge in [0, 0.05) is 45.8 Å². The Morgan fingerprint density at radius 2 is 1.79 bits per heavy atom. The highest BCUT2D eigenvalue weighted by Gasteiger charge is 2.11. The van der Waals surface area contributed by atoms with Gasteiger partial charge in [-0.3, -0.25) is 4.90 Å². The minimum atomic E-state index is 0.652. The van der Waals surface area contributed by atoms with E-state index in [1.807, 2.05) is 55.4 Å². The van der Waals surface area contributed by atoms with E-state index in [2.05, 4.69) is 28.4 Å². The molecule has 0 aromatic heterocycles. The summed E-state index contributed by atoms with van der Waals surface area (Å²) in [6.07, 6.45) is 0. The molecule has 0 aliphatic carbocycles. The number of rotatable bonds is 8. The van der Waals surface area contributed by atoms with Crippen molar-refractivity contribution in [3.05, 3.63) is 65.7 Å². The molecule has 0 atom stereocenters. The van der Waals surface area contributed by atoms with Crippen molar-refractivity contribution in [2.45, 2.75) is 13.1 Å². The number of benzene rings is 2. The summed E-state index contributed by atoms with van der Waals surface area (Å²) in [5.74, 6) is 1.78. The number of aliphatic imine (C=N–C) groups is 1. The van der Waals surface area contributed by atoms with E-state index < -0.39 is 0 Å². The number of para-hydroxylation sites is 1. The monoisotopic (exact) mass is 396 g/mol. The summed E-state index contributed by atoms with van der Waals surface area (Å²) in [5, 5.41) is 3.45. The Bertz CT molecular complexity index is 758. The summed E-state index contributed by atoms with van der Waals surface area (Å²) in [4.78, 5) is 9.12. The van der Waals surface area contributed by atoms with E-state index in [1.165, 1.54) is 5.56 Å². The van der Waals surface area contributed by atoms with Crippen LogP contribution in [-0.4, -0.2) is 69.3 Å². The van der Waals surface area contributed by atoms with Crippen LogP contribution in [-0.2, 0) is 17.8 Å². The third-order valence-corrected chi connectivity index (χ3v) is 4.86. The lowest BCUT2D eigenvalue weighted by atomic mass is 10.2. The van der Waals surface area contributed by atoms with E-state index in [0.29, 0.717) is 19.7 Å². The first kappa shape index (κ1) is 21.1. The highest BCUT2D eigenvalue weighted by molar-refractivity contribution is 5.79. The van der Waals surface area contributed by atoms with Crippen molar-refractivity contribution in [1.82, 2.24) is 15.1 Å². The molecule has 1 heterocycles. The zero-order chi connectivity index (χ0) is 20.3. The highest BCUT2D eigenvalue weighted by atomic mass is 16.5. The average molecular weight is 397 g/mol. The fraction of sp³-hybridized carbons (Fsp3) is 0.435. The minimum Gasteiger partial charge on any atom is -0.492 e. The minimum absolute atomic E-state index is 0.652. The van der Waals surface area contributed by atoms with Crippen LogP contribution in [0.3, 0.4) is 0 Å². The number of hydrogen-bond acceptors (Lipinski definition) is 4. The molecule has 1 fully saturated rings. The lowest BCUT2D eigenvalue weighted by molar-refractivity contribution is 0.0322. The SMILES string of the molecule is CN(C)C(=NCc1ccccc1)NCc1ccccc1OCCN1CCOCC1. The number of morpholine rings is 1. The van der Waals surface area contributed by atoms with E-state index in [1.54, 1.807) is 0 Å². The first-order valence-electron chi connectivity index (χ1n) is 10.2. The number of nitrogens with one attached hydrogen (secondary N) is 1. The largest absolute Gasteiger partial charge is 0.492 e. The van der Waals surface area contributed by atoms with Crippen LogP contribution in [0.2, 0.25) is 0 Å². The molecule has 1 aliphatic heterocycles. The third-order valence-electron chi connectivity index (χ3n) is 4.86. The van der Waals surface area contributed by atoms with Crippen molar-refractivity contribution < 1.29 is 9.47 Å². The van der Waals surface area contributed by atoms with Gasteiger partial charge in [0.1, 0.15) is 12.4 Å². The van der Waals surface area contributed by atoms with Crippen molar-refractivity contribution in [1.29, 1.82) is 0 Å². The molecule has 1 aliphatic rings. The van der Waals surface area contributed by atoms with Crippen molar-refractivity contribution in [3.63, 3.8) is 0 Å². The van der Waals surface area contributed by atoms with Gasteiger partial charge in [-0.25, -0.2) is 4.99 Å². The van der Waals surface area contributed by atoms with Crippen LogP contribution in [0.25, 0.3) is 0 Å². The van der Waals surface area contributed by atoms with E-state index >= 15 is 0 Å². The van der Waals surface area contributed by atoms with Crippen molar-refractivity contribution >= 4 is 5.96 Å². The zero-order valence-electron chi connectivity index (χ0n) is 17.5. The molecule has 156 valence electrons. The molecule has 1 saturated heterocycles. The first-order valence-corrected chi connectivity index (χ1v) is 10.2. The van der Waals surface area contributed by atoms with Gasteiger partial charge < -0.3 is 19.7 Å². The number of nitrogens with zero attached hydrogens (tertiary/aromatic N) is 3. The van der Waals surface area contributed by atoms with Gasteiger partial charge in [-0.2, -0.15) is 0 Å². The van der Waals surface area contributed by atoms with Gasteiger partial charge in [-0.1, -0.05) is 48.5 Å². The zero-order valence-corrected chi connectivity index (χ0v) is 17.5. The van der Waals surface area contributed by atoms with Crippen molar-refractivity contribution in [3.8, 4) is 5.75 Å². The second kappa shape index (κ2) is 11.4. The molecule has 2 aromatic rings. The summed E-state index contributed by atoms with van der Waals surface area (Å²) >= 11 is 0. The Balaban J connectivity index is 1.54. The molecule has 0 radical (unpaired) electrons. The Morgan fingerprint density at radius 3 is 2.55 bits per heavy atom. The van der Waals surface area contributed by atoms with Gasteiger partial charge in [-0.15, -0.1) is 0 Å². The Kier molecular flexibility index (Phi) is 8.34. The van der Waals surface area contributed by atoms with Crippen molar-refractivity contribution in [2.75, 3.05) is 53.6 Å². The van der Waals surface area contributed by atoms with Gasteiger partial charge in [0.25, 0.3) is 0 Å². The summed E-state index contributed by atoms with van der Waals surface area (Å²) in [6, 6.07) is 18.5. The second-order valence-electron chi connectivity index (χ2n) is 7.28. The van der Waals surface area contributed by atoms with Crippen LogP contribution in [0, 0.1) is 0 Å². The molecule has 6 nitrogen and oxygen atoms in total. The smallest absolute Gasteiger partial charge is 0.194 e. The molecule has 0 saturated carbocycles. The number of guanidine groups is 1. The Morgan fingerprint density at radius 1 is 1.07 bits per heavy atom. The van der Waals surface area contributed by atoms with E-state index in [0.717, 1.165) is 50.1 Å². The first-order chi connectivity index (χ1) is 14.2. The average Bonchev–Trinajstić information content (AvgIpc) is 2.76. The van der Waals surface area contributed by atoms with Crippen LogP contribution in [0.15, 0.2) is 59.6 Å². The molecule has 29 heavy (non-hydrogen) atoms. The summed E-state index contributed by atoms with van der Waals surface area (Å²) in [7, 11) is 4.00. The van der Waals surface area contributed by atoms with Gasteiger partial charge in [0.05, 0.1) is 19.8 Å². The standard InChI is InChI=1S/C23H32N4O2/c1-26(2)23(24-18-20-8-4-3-5-9-20)25-19-21-10-6-7-11-22(21)29-17-14-27-12-15-28-16-13-27/h3-11H,12-19H2,1-2H3,(H,24,25). The Labute approximate surface area is 174 Å². The van der Waals surface area contributed by atoms with Crippen LogP contribution < -0.4 is 10.1 Å². The number of ether oxygens (including phenoxy) is 2. The summed E-state index contributed by atoms with van der Waals surface area (Å²) in [6.45, 7) is 6.52. The molecule has 0 spiro atoms. The molecule has 0 unspecified atom stereocenters. The number of hydrogen-bond donors (Lipinski definition) is 1. The van der Waals surface area contributed by atoms with Gasteiger partial charge in [0.2, 0.25) is 0 Å². The predicted octanol–water partition coefficient (Wildman–Crippen LogP) is 2.61. The lowest BCUT2D eigenvalue weighted by Crippen LogP contribution is -2.38. The molecule has 0 amide bonds. The highest BCUT2D eigenvalue weighted by Crippen LogP contribution is 2.18. The van der Waals surface area contributed by atoms with Crippen LogP contribution in [0.4, 0.5) is 0 Å². The molecular weight excluding hydrogens is 364 g/mol. The van der Waals surface area contributed by atoms with Gasteiger partial charge in [0.15, 0.2) is 5.96 Å². The quantitative estimate of drug-likeness (QED) is 0.549.